The first-order valence-electron chi connectivity index (χ1n) is 4.70. The molecule has 1 heteroatoms. The highest BCUT2D eigenvalue weighted by atomic mass is 14.9. The first kappa shape index (κ1) is 14.6. The summed E-state index contributed by atoms with van der Waals surface area (Å²) in [6.07, 6.45) is 10.3. The van der Waals surface area contributed by atoms with Crippen LogP contribution in [0.25, 0.3) is 0 Å². The molecule has 0 bridgehead atoms. The van der Waals surface area contributed by atoms with Gasteiger partial charge in [0.05, 0.1) is 0 Å². The minimum Gasteiger partial charge on any atom is -0.388 e. The van der Waals surface area contributed by atoms with Crippen molar-refractivity contribution in [2.45, 2.75) is 40.5 Å². The molecule has 1 N–H and O–H groups in total. The third-order valence-electron chi connectivity index (χ3n) is 1.42. The smallest absolute Gasteiger partial charge is 0.0192 e. The molecule has 76 valence electrons. The van der Waals surface area contributed by atoms with Crippen LogP contribution in [-0.4, -0.2) is 6.54 Å². The summed E-state index contributed by atoms with van der Waals surface area (Å²) < 4.78 is 0. The standard InChI is InChI=1S/C10H21N.C2H2/c1-6-7-9(2)11-8-10(3,4)5;1-2/h11H,2,6-8H2,1,3-5H3;1-2H. The van der Waals surface area contributed by atoms with E-state index >= 15 is 0 Å². The van der Waals surface area contributed by atoms with Crippen molar-refractivity contribution in [1.29, 1.82) is 0 Å². The number of rotatable bonds is 4. The molecule has 0 aromatic rings. The zero-order valence-corrected chi connectivity index (χ0v) is 9.48. The van der Waals surface area contributed by atoms with Crippen LogP contribution in [0.15, 0.2) is 12.3 Å². The van der Waals surface area contributed by atoms with Crippen LogP contribution < -0.4 is 5.32 Å². The Morgan fingerprint density at radius 2 is 1.77 bits per heavy atom. The van der Waals surface area contributed by atoms with Gasteiger partial charge in [0.15, 0.2) is 0 Å². The second-order valence-electron chi connectivity index (χ2n) is 4.27. The lowest BCUT2D eigenvalue weighted by molar-refractivity contribution is 0.394. The van der Waals surface area contributed by atoms with Gasteiger partial charge in [0.2, 0.25) is 0 Å². The molecule has 1 nitrogen and oxygen atoms in total. The highest BCUT2D eigenvalue weighted by Crippen LogP contribution is 2.11. The van der Waals surface area contributed by atoms with Gasteiger partial charge in [0.25, 0.3) is 0 Å². The van der Waals surface area contributed by atoms with Crippen LogP contribution in [0.3, 0.4) is 0 Å². The minimum atomic E-state index is 0.358. The molecule has 13 heavy (non-hydrogen) atoms. The minimum absolute atomic E-state index is 0.358. The normalized spacial score (nSPS) is 9.69. The molecular weight excluding hydrogens is 158 g/mol. The van der Waals surface area contributed by atoms with Crippen molar-refractivity contribution < 1.29 is 0 Å². The third-order valence-corrected chi connectivity index (χ3v) is 1.42. The SMILES string of the molecule is C#C.C=C(CCC)NCC(C)(C)C. The van der Waals surface area contributed by atoms with Crippen molar-refractivity contribution in [2.75, 3.05) is 6.54 Å². The molecule has 0 aliphatic rings. The number of hydrogen-bond donors (Lipinski definition) is 1. The molecule has 0 saturated carbocycles. The lowest BCUT2D eigenvalue weighted by Gasteiger charge is -2.20. The van der Waals surface area contributed by atoms with E-state index in [1.807, 2.05) is 0 Å². The molecule has 0 aromatic heterocycles. The van der Waals surface area contributed by atoms with E-state index in [1.165, 1.54) is 12.1 Å². The molecule has 0 rings (SSSR count). The van der Waals surface area contributed by atoms with Crippen molar-refractivity contribution in [1.82, 2.24) is 5.32 Å². The summed E-state index contributed by atoms with van der Waals surface area (Å²) in [5.74, 6) is 0. The Kier molecular flexibility index (Phi) is 8.69. The van der Waals surface area contributed by atoms with Crippen molar-refractivity contribution in [2.24, 2.45) is 5.41 Å². The fraction of sp³-hybridized carbons (Fsp3) is 0.667. The summed E-state index contributed by atoms with van der Waals surface area (Å²) in [6.45, 7) is 13.8. The van der Waals surface area contributed by atoms with E-state index in [0.29, 0.717) is 5.41 Å². The molecule has 0 aliphatic carbocycles. The van der Waals surface area contributed by atoms with E-state index < -0.39 is 0 Å². The van der Waals surface area contributed by atoms with E-state index in [4.69, 9.17) is 0 Å². The summed E-state index contributed by atoms with van der Waals surface area (Å²) in [7, 11) is 0. The lowest BCUT2D eigenvalue weighted by Crippen LogP contribution is -2.25. The Balaban J connectivity index is 0. The largest absolute Gasteiger partial charge is 0.388 e. The highest BCUT2D eigenvalue weighted by Gasteiger charge is 2.08. The van der Waals surface area contributed by atoms with Gasteiger partial charge < -0.3 is 5.32 Å². The van der Waals surface area contributed by atoms with Gasteiger partial charge in [-0.15, -0.1) is 12.8 Å². The fourth-order valence-corrected chi connectivity index (χ4v) is 0.780. The highest BCUT2D eigenvalue weighted by molar-refractivity contribution is 4.91. The zero-order chi connectivity index (χ0) is 10.9. The van der Waals surface area contributed by atoms with Crippen molar-refractivity contribution in [3.8, 4) is 12.8 Å². The molecule has 0 radical (unpaired) electrons. The molecule has 0 amide bonds. The summed E-state index contributed by atoms with van der Waals surface area (Å²) in [4.78, 5) is 0. The topological polar surface area (TPSA) is 12.0 Å². The van der Waals surface area contributed by atoms with Crippen LogP contribution in [0.1, 0.15) is 40.5 Å². The van der Waals surface area contributed by atoms with Gasteiger partial charge in [-0.25, -0.2) is 0 Å². The van der Waals surface area contributed by atoms with E-state index in [9.17, 15) is 0 Å². The summed E-state index contributed by atoms with van der Waals surface area (Å²) in [6, 6.07) is 0. The average Bonchev–Trinajstić information content (AvgIpc) is 2.04. The maximum Gasteiger partial charge on any atom is 0.0192 e. The molecule has 0 saturated heterocycles. The van der Waals surface area contributed by atoms with E-state index in [-0.39, 0.29) is 0 Å². The zero-order valence-electron chi connectivity index (χ0n) is 9.48. The molecule has 0 unspecified atom stereocenters. The number of terminal acetylenes is 1. The van der Waals surface area contributed by atoms with Gasteiger partial charge in [-0.3, -0.25) is 0 Å². The van der Waals surface area contributed by atoms with Crippen LogP contribution in [-0.2, 0) is 0 Å². The predicted octanol–water partition coefficient (Wildman–Crippen LogP) is 3.19. The molecule has 0 atom stereocenters. The van der Waals surface area contributed by atoms with Gasteiger partial charge in [0, 0.05) is 12.2 Å². The lowest BCUT2D eigenvalue weighted by atomic mass is 9.97. The number of nitrogens with one attached hydrogen (secondary N) is 1. The summed E-state index contributed by atoms with van der Waals surface area (Å²) >= 11 is 0. The van der Waals surface area contributed by atoms with E-state index in [2.05, 4.69) is 52.4 Å². The van der Waals surface area contributed by atoms with Gasteiger partial charge in [0.1, 0.15) is 0 Å². The van der Waals surface area contributed by atoms with Gasteiger partial charge >= 0.3 is 0 Å². The maximum absolute atomic E-state index is 4.00. The van der Waals surface area contributed by atoms with Crippen molar-refractivity contribution in [3.05, 3.63) is 12.3 Å². The third kappa shape index (κ3) is 14.0. The van der Waals surface area contributed by atoms with Crippen LogP contribution >= 0.6 is 0 Å². The molecule has 0 aromatic carbocycles. The van der Waals surface area contributed by atoms with E-state index in [1.54, 1.807) is 0 Å². The first-order chi connectivity index (χ1) is 5.95. The Bertz CT molecular complexity index is 148. The van der Waals surface area contributed by atoms with Crippen LogP contribution in [0, 0.1) is 18.3 Å². The Morgan fingerprint density at radius 1 is 1.31 bits per heavy atom. The Morgan fingerprint density at radius 3 is 2.08 bits per heavy atom. The second kappa shape index (κ2) is 7.73. The van der Waals surface area contributed by atoms with Crippen molar-refractivity contribution in [3.63, 3.8) is 0 Å². The molecule has 0 aliphatic heterocycles. The molecule has 0 fully saturated rings. The first-order valence-corrected chi connectivity index (χ1v) is 4.70. The molecule has 0 heterocycles. The molecular formula is C12H23N. The summed E-state index contributed by atoms with van der Waals surface area (Å²) in [5, 5.41) is 3.33. The fourth-order valence-electron chi connectivity index (χ4n) is 0.780. The van der Waals surface area contributed by atoms with Crippen LogP contribution in [0.4, 0.5) is 0 Å². The monoisotopic (exact) mass is 181 g/mol. The van der Waals surface area contributed by atoms with Gasteiger partial charge in [-0.2, -0.15) is 0 Å². The van der Waals surface area contributed by atoms with E-state index in [0.717, 1.165) is 13.0 Å². The average molecular weight is 181 g/mol. The Hall–Kier alpha value is -0.900. The quantitative estimate of drug-likeness (QED) is 0.657. The Labute approximate surface area is 83.6 Å². The summed E-state index contributed by atoms with van der Waals surface area (Å²) in [5.41, 5.74) is 1.53. The van der Waals surface area contributed by atoms with Crippen molar-refractivity contribution >= 4 is 0 Å². The number of hydrogen-bond acceptors (Lipinski definition) is 1. The van der Waals surface area contributed by atoms with Crippen LogP contribution in [0.2, 0.25) is 0 Å². The van der Waals surface area contributed by atoms with Gasteiger partial charge in [-0.1, -0.05) is 40.7 Å². The van der Waals surface area contributed by atoms with Crippen LogP contribution in [0.5, 0.6) is 0 Å². The molecule has 0 spiro atoms. The predicted molar refractivity (Wildman–Crippen MR) is 61.4 cm³/mol. The van der Waals surface area contributed by atoms with Gasteiger partial charge in [-0.05, 0) is 11.8 Å². The number of allylic oxidation sites excluding steroid dienone is 1. The second-order valence-corrected chi connectivity index (χ2v) is 4.27. The maximum atomic E-state index is 4.00.